The molecule has 162 valence electrons. The zero-order valence-corrected chi connectivity index (χ0v) is 17.7. The number of aryl methyl sites for hydroxylation is 1. The number of aromatic hydroxyl groups is 1. The van der Waals surface area contributed by atoms with Gasteiger partial charge in [0.15, 0.2) is 0 Å². The lowest BCUT2D eigenvalue weighted by molar-refractivity contribution is 0.188. The maximum atomic E-state index is 9.42. The summed E-state index contributed by atoms with van der Waals surface area (Å²) in [6.45, 7) is 6.20. The summed E-state index contributed by atoms with van der Waals surface area (Å²) in [5.74, 6) is 2.17. The van der Waals surface area contributed by atoms with Gasteiger partial charge in [0, 0.05) is 38.4 Å². The molecule has 1 fully saturated rings. The third-order valence-electron chi connectivity index (χ3n) is 5.36. The summed E-state index contributed by atoms with van der Waals surface area (Å²) in [7, 11) is 0. The fourth-order valence-corrected chi connectivity index (χ4v) is 3.66. The van der Waals surface area contributed by atoms with Crippen molar-refractivity contribution in [1.82, 2.24) is 19.9 Å². The van der Waals surface area contributed by atoms with Crippen LogP contribution < -0.4 is 10.2 Å². The Bertz CT molecular complexity index is 986. The van der Waals surface area contributed by atoms with Gasteiger partial charge in [0.2, 0.25) is 11.9 Å². The van der Waals surface area contributed by atoms with E-state index < -0.39 is 0 Å². The molecular formula is C23H28N6O2. The van der Waals surface area contributed by atoms with Gasteiger partial charge in [0.25, 0.3) is 0 Å². The molecule has 0 radical (unpaired) electrons. The minimum atomic E-state index is 0.187. The van der Waals surface area contributed by atoms with Gasteiger partial charge in [0.1, 0.15) is 11.6 Å². The number of anilines is 3. The third kappa shape index (κ3) is 5.68. The topological polar surface area (TPSA) is 97.6 Å². The van der Waals surface area contributed by atoms with Crippen LogP contribution in [0, 0.1) is 6.92 Å². The largest absolute Gasteiger partial charge is 0.508 e. The van der Waals surface area contributed by atoms with E-state index in [0.717, 1.165) is 43.9 Å². The SMILES string of the molecule is Cc1nc(Nc2ccc(Cc3ccc(O)cc3)cc2)nc(N2CCN(CCO)CC2)n1. The third-order valence-corrected chi connectivity index (χ3v) is 5.36. The molecule has 2 heterocycles. The number of aliphatic hydroxyl groups is 1. The van der Waals surface area contributed by atoms with E-state index in [4.69, 9.17) is 5.11 Å². The smallest absolute Gasteiger partial charge is 0.232 e. The van der Waals surface area contributed by atoms with Crippen LogP contribution in [0.4, 0.5) is 17.6 Å². The Morgan fingerprint density at radius 3 is 2.16 bits per heavy atom. The molecule has 1 aromatic heterocycles. The van der Waals surface area contributed by atoms with Crippen LogP contribution in [-0.2, 0) is 6.42 Å². The first-order valence-electron chi connectivity index (χ1n) is 10.5. The van der Waals surface area contributed by atoms with E-state index in [2.05, 4.69) is 42.2 Å². The van der Waals surface area contributed by atoms with Crippen LogP contribution in [0.3, 0.4) is 0 Å². The number of β-amino-alcohol motifs (C(OH)–C–C–N with tert-alkyl or cyclic N) is 1. The molecule has 0 unspecified atom stereocenters. The first kappa shape index (κ1) is 21.0. The molecular weight excluding hydrogens is 392 g/mol. The predicted molar refractivity (Wildman–Crippen MR) is 121 cm³/mol. The van der Waals surface area contributed by atoms with Crippen molar-refractivity contribution in [1.29, 1.82) is 0 Å². The number of hydrogen-bond acceptors (Lipinski definition) is 8. The van der Waals surface area contributed by atoms with Gasteiger partial charge in [-0.2, -0.15) is 15.0 Å². The molecule has 3 N–H and O–H groups in total. The molecule has 8 heteroatoms. The monoisotopic (exact) mass is 420 g/mol. The van der Waals surface area contributed by atoms with Gasteiger partial charge in [-0.3, -0.25) is 4.90 Å². The molecule has 3 aromatic rings. The summed E-state index contributed by atoms with van der Waals surface area (Å²) in [4.78, 5) is 18.0. The minimum absolute atomic E-state index is 0.187. The number of phenolic OH excluding ortho intramolecular Hbond substituents is 1. The lowest BCUT2D eigenvalue weighted by Crippen LogP contribution is -2.47. The van der Waals surface area contributed by atoms with Crippen molar-refractivity contribution in [2.75, 3.05) is 49.5 Å². The van der Waals surface area contributed by atoms with Gasteiger partial charge in [0.05, 0.1) is 6.61 Å². The fraction of sp³-hybridized carbons (Fsp3) is 0.348. The highest BCUT2D eigenvalue weighted by atomic mass is 16.3. The van der Waals surface area contributed by atoms with E-state index in [0.29, 0.717) is 24.3 Å². The van der Waals surface area contributed by atoms with Crippen molar-refractivity contribution < 1.29 is 10.2 Å². The first-order valence-corrected chi connectivity index (χ1v) is 10.5. The van der Waals surface area contributed by atoms with Gasteiger partial charge in [-0.1, -0.05) is 24.3 Å². The van der Waals surface area contributed by atoms with Crippen molar-refractivity contribution in [3.63, 3.8) is 0 Å². The summed E-state index contributed by atoms with van der Waals surface area (Å²) < 4.78 is 0. The molecule has 0 aliphatic carbocycles. The van der Waals surface area contributed by atoms with Crippen LogP contribution in [-0.4, -0.2) is 69.4 Å². The van der Waals surface area contributed by atoms with Crippen molar-refractivity contribution in [2.45, 2.75) is 13.3 Å². The Morgan fingerprint density at radius 1 is 0.871 bits per heavy atom. The standard InChI is InChI=1S/C23H28N6O2/c1-17-24-22(27-23(25-17)29-12-10-28(11-13-29)14-15-30)26-20-6-2-18(3-7-20)16-19-4-8-21(31)9-5-19/h2-9,30-31H,10-16H2,1H3,(H,24,25,26,27). The van der Waals surface area contributed by atoms with E-state index in [1.807, 2.05) is 31.2 Å². The van der Waals surface area contributed by atoms with Crippen LogP contribution in [0.15, 0.2) is 48.5 Å². The molecule has 0 bridgehead atoms. The minimum Gasteiger partial charge on any atom is -0.508 e. The second-order valence-electron chi connectivity index (χ2n) is 7.72. The molecule has 8 nitrogen and oxygen atoms in total. The molecule has 2 aromatic carbocycles. The Hall–Kier alpha value is -3.23. The molecule has 1 aliphatic rings. The van der Waals surface area contributed by atoms with Crippen molar-refractivity contribution >= 4 is 17.6 Å². The highest BCUT2D eigenvalue weighted by Gasteiger charge is 2.19. The predicted octanol–water partition coefficient (Wildman–Crippen LogP) is 2.33. The van der Waals surface area contributed by atoms with Crippen LogP contribution in [0.25, 0.3) is 0 Å². The van der Waals surface area contributed by atoms with E-state index >= 15 is 0 Å². The molecule has 4 rings (SSSR count). The number of piperazine rings is 1. The number of rotatable bonds is 7. The Balaban J connectivity index is 1.40. The molecule has 1 saturated heterocycles. The number of benzene rings is 2. The van der Waals surface area contributed by atoms with E-state index in [9.17, 15) is 5.11 Å². The highest BCUT2D eigenvalue weighted by molar-refractivity contribution is 5.55. The number of nitrogens with one attached hydrogen (secondary N) is 1. The van der Waals surface area contributed by atoms with Gasteiger partial charge in [-0.05, 0) is 48.7 Å². The Labute approximate surface area is 182 Å². The van der Waals surface area contributed by atoms with E-state index in [-0.39, 0.29) is 12.4 Å². The molecule has 0 spiro atoms. The average molecular weight is 421 g/mol. The second kappa shape index (κ2) is 9.72. The normalized spacial score (nSPS) is 14.6. The van der Waals surface area contributed by atoms with Gasteiger partial charge in [-0.15, -0.1) is 0 Å². The zero-order chi connectivity index (χ0) is 21.6. The zero-order valence-electron chi connectivity index (χ0n) is 17.7. The Morgan fingerprint density at radius 2 is 1.52 bits per heavy atom. The second-order valence-corrected chi connectivity index (χ2v) is 7.72. The lowest BCUT2D eigenvalue weighted by Gasteiger charge is -2.34. The summed E-state index contributed by atoms with van der Waals surface area (Å²) in [6.07, 6.45) is 0.803. The van der Waals surface area contributed by atoms with Crippen LogP contribution in [0.5, 0.6) is 5.75 Å². The molecule has 0 saturated carbocycles. The number of hydrogen-bond donors (Lipinski definition) is 3. The maximum Gasteiger partial charge on any atom is 0.232 e. The number of nitrogens with zero attached hydrogens (tertiary/aromatic N) is 5. The number of aromatic nitrogens is 3. The lowest BCUT2D eigenvalue weighted by atomic mass is 10.0. The van der Waals surface area contributed by atoms with Gasteiger partial charge < -0.3 is 20.4 Å². The van der Waals surface area contributed by atoms with Gasteiger partial charge >= 0.3 is 0 Å². The molecule has 1 aliphatic heterocycles. The van der Waals surface area contributed by atoms with E-state index in [1.54, 1.807) is 12.1 Å². The fourth-order valence-electron chi connectivity index (χ4n) is 3.66. The Kier molecular flexibility index (Phi) is 6.59. The average Bonchev–Trinajstić information content (AvgIpc) is 2.77. The number of phenols is 1. The van der Waals surface area contributed by atoms with Gasteiger partial charge in [-0.25, -0.2) is 0 Å². The molecule has 0 amide bonds. The molecule has 0 atom stereocenters. The van der Waals surface area contributed by atoms with Crippen LogP contribution >= 0.6 is 0 Å². The summed E-state index contributed by atoms with van der Waals surface area (Å²) in [5.41, 5.74) is 3.25. The van der Waals surface area contributed by atoms with Crippen molar-refractivity contribution in [2.24, 2.45) is 0 Å². The van der Waals surface area contributed by atoms with Crippen molar-refractivity contribution in [3.8, 4) is 5.75 Å². The number of aliphatic hydroxyl groups excluding tert-OH is 1. The summed E-state index contributed by atoms with van der Waals surface area (Å²) in [5, 5.41) is 21.8. The highest BCUT2D eigenvalue weighted by Crippen LogP contribution is 2.19. The molecule has 31 heavy (non-hydrogen) atoms. The summed E-state index contributed by atoms with van der Waals surface area (Å²) >= 11 is 0. The maximum absolute atomic E-state index is 9.42. The quantitative estimate of drug-likeness (QED) is 0.536. The van der Waals surface area contributed by atoms with Crippen LogP contribution in [0.2, 0.25) is 0 Å². The van der Waals surface area contributed by atoms with E-state index in [1.165, 1.54) is 5.56 Å². The van der Waals surface area contributed by atoms with Crippen molar-refractivity contribution in [3.05, 3.63) is 65.5 Å². The summed E-state index contributed by atoms with van der Waals surface area (Å²) in [6, 6.07) is 15.5. The first-order chi connectivity index (χ1) is 15.1. The van der Waals surface area contributed by atoms with Crippen LogP contribution in [0.1, 0.15) is 17.0 Å².